The Balaban J connectivity index is 1.87. The maximum absolute atomic E-state index is 5.01. The third-order valence-corrected chi connectivity index (χ3v) is 9.73. The van der Waals surface area contributed by atoms with Gasteiger partial charge in [-0.25, -0.2) is 0 Å². The molecule has 0 spiro atoms. The van der Waals surface area contributed by atoms with Crippen LogP contribution in [0.1, 0.15) is 94.2 Å². The first-order valence-corrected chi connectivity index (χ1v) is 14.3. The fraction of sp³-hybridized carbons (Fsp3) is 0.515. The number of hydrogen-bond acceptors (Lipinski definition) is 4. The maximum atomic E-state index is 5.01. The predicted molar refractivity (Wildman–Crippen MR) is 157 cm³/mol. The van der Waals surface area contributed by atoms with E-state index in [9.17, 15) is 0 Å². The molecule has 2 aliphatic heterocycles. The highest BCUT2D eigenvalue weighted by atomic mass is 15.4. The second-order valence-electron chi connectivity index (χ2n) is 11.8. The topological polar surface area (TPSA) is 32.3 Å². The monoisotopic (exact) mass is 496 g/mol. The average Bonchev–Trinajstić information content (AvgIpc) is 3.20. The molecule has 2 aromatic heterocycles. The van der Waals surface area contributed by atoms with Crippen LogP contribution in [0.15, 0.2) is 36.4 Å². The second-order valence-corrected chi connectivity index (χ2v) is 11.8. The van der Waals surface area contributed by atoms with Crippen molar-refractivity contribution in [1.29, 1.82) is 0 Å². The molecule has 4 heterocycles. The van der Waals surface area contributed by atoms with Crippen LogP contribution in [0.3, 0.4) is 0 Å². The van der Waals surface area contributed by atoms with E-state index < -0.39 is 0 Å². The Labute approximate surface area is 224 Å². The van der Waals surface area contributed by atoms with Crippen molar-refractivity contribution in [2.24, 2.45) is 5.41 Å². The van der Waals surface area contributed by atoms with Gasteiger partial charge in [-0.3, -0.25) is 9.97 Å². The molecule has 37 heavy (non-hydrogen) atoms. The van der Waals surface area contributed by atoms with Gasteiger partial charge < -0.3 is 9.80 Å². The zero-order chi connectivity index (χ0) is 26.7. The summed E-state index contributed by atoms with van der Waals surface area (Å²) < 4.78 is 0. The summed E-state index contributed by atoms with van der Waals surface area (Å²) in [5, 5.41) is 0. The third-order valence-electron chi connectivity index (χ3n) is 9.73. The Morgan fingerprint density at radius 2 is 1.46 bits per heavy atom. The molecule has 2 aliphatic rings. The van der Waals surface area contributed by atoms with Crippen LogP contribution >= 0.6 is 0 Å². The van der Waals surface area contributed by atoms with Crippen molar-refractivity contribution in [2.75, 3.05) is 9.80 Å². The summed E-state index contributed by atoms with van der Waals surface area (Å²) in [4.78, 5) is 15.2. The molecule has 4 nitrogen and oxygen atoms in total. The van der Waals surface area contributed by atoms with E-state index in [1.807, 2.05) is 0 Å². The number of fused-ring (bicyclic) bond motifs is 5. The van der Waals surface area contributed by atoms with Gasteiger partial charge in [-0.2, -0.15) is 0 Å². The van der Waals surface area contributed by atoms with E-state index in [0.29, 0.717) is 0 Å². The molecule has 4 heteroatoms. The summed E-state index contributed by atoms with van der Waals surface area (Å²) in [6.45, 7) is 20.6. The summed E-state index contributed by atoms with van der Waals surface area (Å²) in [5.74, 6) is 0. The van der Waals surface area contributed by atoms with Gasteiger partial charge in [-0.15, -0.1) is 0 Å². The van der Waals surface area contributed by atoms with Gasteiger partial charge in [0.05, 0.1) is 34.1 Å². The van der Waals surface area contributed by atoms with Crippen LogP contribution < -0.4 is 9.80 Å². The Kier molecular flexibility index (Phi) is 6.37. The molecule has 5 rings (SSSR count). The molecule has 3 aromatic rings. The van der Waals surface area contributed by atoms with Gasteiger partial charge >= 0.3 is 0 Å². The molecule has 3 atom stereocenters. The summed E-state index contributed by atoms with van der Waals surface area (Å²) in [7, 11) is 0. The maximum Gasteiger partial charge on any atom is 0.117 e. The van der Waals surface area contributed by atoms with Gasteiger partial charge in [0.15, 0.2) is 0 Å². The van der Waals surface area contributed by atoms with E-state index in [2.05, 4.69) is 109 Å². The Morgan fingerprint density at radius 3 is 2.11 bits per heavy atom. The lowest BCUT2D eigenvalue weighted by molar-refractivity contribution is 0.0962. The summed E-state index contributed by atoms with van der Waals surface area (Å²) in [5.41, 5.74) is 12.3. The van der Waals surface area contributed by atoms with Crippen molar-refractivity contribution in [1.82, 2.24) is 9.97 Å². The first-order chi connectivity index (χ1) is 17.6. The predicted octanol–water partition coefficient (Wildman–Crippen LogP) is 8.77. The van der Waals surface area contributed by atoms with E-state index in [0.717, 1.165) is 42.0 Å². The molecule has 0 N–H and O–H groups in total. The number of anilines is 4. The van der Waals surface area contributed by atoms with Crippen molar-refractivity contribution < 1.29 is 0 Å². The van der Waals surface area contributed by atoms with Crippen LogP contribution in [0.2, 0.25) is 0 Å². The van der Waals surface area contributed by atoms with Crippen LogP contribution in [-0.2, 0) is 11.8 Å². The molecule has 0 aliphatic carbocycles. The molecule has 0 saturated carbocycles. The smallest absolute Gasteiger partial charge is 0.117 e. The van der Waals surface area contributed by atoms with E-state index in [4.69, 9.17) is 9.97 Å². The van der Waals surface area contributed by atoms with E-state index in [-0.39, 0.29) is 17.0 Å². The molecule has 0 fully saturated rings. The van der Waals surface area contributed by atoms with Gasteiger partial charge in [0, 0.05) is 22.2 Å². The van der Waals surface area contributed by atoms with Crippen LogP contribution in [0.4, 0.5) is 22.7 Å². The summed E-state index contributed by atoms with van der Waals surface area (Å²) in [6, 6.07) is 14.0. The third kappa shape index (κ3) is 3.62. The van der Waals surface area contributed by atoms with Crippen LogP contribution in [0.25, 0.3) is 0 Å². The van der Waals surface area contributed by atoms with Crippen molar-refractivity contribution >= 4 is 22.7 Å². The largest absolute Gasteiger partial charge is 0.316 e. The number of benzene rings is 1. The summed E-state index contributed by atoms with van der Waals surface area (Å²) >= 11 is 0. The molecular formula is C33H44N4. The molecule has 0 saturated heterocycles. The Morgan fingerprint density at radius 1 is 0.757 bits per heavy atom. The van der Waals surface area contributed by atoms with E-state index in [1.165, 1.54) is 46.7 Å². The molecule has 0 bridgehead atoms. The number of nitrogens with zero attached hydrogens (tertiary/aromatic N) is 4. The molecule has 3 unspecified atom stereocenters. The fourth-order valence-corrected chi connectivity index (χ4v) is 7.20. The first kappa shape index (κ1) is 25.8. The minimum atomic E-state index is -0.0189. The second kappa shape index (κ2) is 9.15. The molecule has 196 valence electrons. The number of aryl methyl sites for hydroxylation is 5. The average molecular weight is 497 g/mol. The molecular weight excluding hydrogens is 452 g/mol. The first-order valence-electron chi connectivity index (χ1n) is 14.3. The zero-order valence-corrected chi connectivity index (χ0v) is 24.4. The number of hydrogen-bond donors (Lipinski definition) is 0. The van der Waals surface area contributed by atoms with Crippen molar-refractivity contribution in [3.05, 3.63) is 70.3 Å². The normalized spacial score (nSPS) is 24.2. The zero-order valence-electron chi connectivity index (χ0n) is 24.4. The van der Waals surface area contributed by atoms with Gasteiger partial charge in [0.2, 0.25) is 0 Å². The standard InChI is InChI=1S/C33H44N4/c1-10-13-14-25-16-18-28-29(20-25)36(27-17-15-21(4)34-23(27)6)31-33(9,12-3)32(8,11-2)26-19-22(5)35-24(7)30(26)37(28)31/h15-20,31H,10-14H2,1-9H3. The lowest BCUT2D eigenvalue weighted by Gasteiger charge is -2.59. The minimum absolute atomic E-state index is 0.00588. The molecule has 0 radical (unpaired) electrons. The van der Waals surface area contributed by atoms with Crippen LogP contribution in [-0.4, -0.2) is 16.1 Å². The van der Waals surface area contributed by atoms with Crippen molar-refractivity contribution in [3.8, 4) is 0 Å². The highest BCUT2D eigenvalue weighted by Crippen LogP contribution is 2.65. The van der Waals surface area contributed by atoms with Crippen LogP contribution in [0, 0.1) is 33.1 Å². The van der Waals surface area contributed by atoms with Gasteiger partial charge in [0.25, 0.3) is 0 Å². The number of pyridine rings is 2. The number of unbranched alkanes of at least 4 members (excludes halogenated alkanes) is 1. The number of aromatic nitrogens is 2. The van der Waals surface area contributed by atoms with Gasteiger partial charge in [0.1, 0.15) is 6.17 Å². The highest BCUT2D eigenvalue weighted by molar-refractivity contribution is 5.92. The lowest BCUT2D eigenvalue weighted by atomic mass is 9.55. The van der Waals surface area contributed by atoms with Gasteiger partial charge in [-0.05, 0) is 94.8 Å². The molecule has 0 amide bonds. The Bertz CT molecular complexity index is 1340. The fourth-order valence-electron chi connectivity index (χ4n) is 7.20. The van der Waals surface area contributed by atoms with E-state index in [1.54, 1.807) is 0 Å². The lowest BCUT2D eigenvalue weighted by Crippen LogP contribution is -2.62. The summed E-state index contributed by atoms with van der Waals surface area (Å²) in [6.07, 6.45) is 5.82. The van der Waals surface area contributed by atoms with Gasteiger partial charge in [-0.1, -0.05) is 47.1 Å². The molecule has 1 aromatic carbocycles. The quantitative estimate of drug-likeness (QED) is 0.341. The highest BCUT2D eigenvalue weighted by Gasteiger charge is 2.61. The van der Waals surface area contributed by atoms with Crippen molar-refractivity contribution in [3.63, 3.8) is 0 Å². The Hall–Kier alpha value is -2.88. The number of rotatable bonds is 6. The minimum Gasteiger partial charge on any atom is -0.316 e. The van der Waals surface area contributed by atoms with E-state index >= 15 is 0 Å². The van der Waals surface area contributed by atoms with Crippen molar-refractivity contribution in [2.45, 2.75) is 106 Å². The van der Waals surface area contributed by atoms with Crippen LogP contribution in [0.5, 0.6) is 0 Å². The SMILES string of the molecule is CCCCc1ccc2c(c1)N(c1ccc(C)nc1C)C1N2c2c(cc(C)nc2C)C(C)(CC)C1(C)CC.